The lowest BCUT2D eigenvalue weighted by molar-refractivity contribution is -0.298. The highest BCUT2D eigenvalue weighted by Gasteiger charge is 2.34. The van der Waals surface area contributed by atoms with Crippen LogP contribution in [0.3, 0.4) is 0 Å². The van der Waals surface area contributed by atoms with E-state index in [1.165, 1.54) is 24.3 Å². The molecule has 2 N–H and O–H groups in total. The number of ether oxygens (including phenoxy) is 1. The second-order valence-corrected chi connectivity index (χ2v) is 14.1. The molecular weight excluding hydrogens is 557 g/mol. The third kappa shape index (κ3) is 7.46. The van der Waals surface area contributed by atoms with Crippen molar-refractivity contribution in [3.05, 3.63) is 48.0 Å². The maximum Gasteiger partial charge on any atom is 0.573 e. The Bertz CT molecular complexity index is 1470. The monoisotopic (exact) mass is 591 g/mol. The highest BCUT2D eigenvalue weighted by atomic mass is 32.2. The van der Waals surface area contributed by atoms with E-state index in [-0.39, 0.29) is 34.6 Å². The molecule has 2 aromatic carbocycles. The number of nitrogens with one attached hydrogen (secondary N) is 2. The minimum atomic E-state index is -4.77. The molecule has 0 radical (unpaired) electrons. The van der Waals surface area contributed by atoms with Gasteiger partial charge in [-0.25, -0.2) is 18.3 Å². The second-order valence-electron chi connectivity index (χ2n) is 11.8. The fraction of sp³-hybridized carbons (Fsp3) is 0.483. The maximum atomic E-state index is 13.0. The minimum absolute atomic E-state index is 0.0630. The number of rotatable bonds is 5. The van der Waals surface area contributed by atoms with Gasteiger partial charge in [0.15, 0.2) is 5.69 Å². The Morgan fingerprint density at radius 3 is 2.46 bits per heavy atom. The predicted molar refractivity (Wildman–Crippen MR) is 151 cm³/mol. The first-order valence-electron chi connectivity index (χ1n) is 13.8. The standard InChI is InChI=1S/C29H33F3N4O4S/c1-28(2)13-3-4-19(17-28)18-36-25-10-5-20(26(37)33-22-11-14-41(38,39)15-12-22)16-24(25)35-27(36)34-21-6-8-23(9-7-21)40-29(30,31)32/h5-10,16,18-19,22H,3-4,11-15,17H2,1-2H3,(H-,33,34,35,37)/p+1. The topological polar surface area (TPSA) is 99.9 Å². The van der Waals surface area contributed by atoms with Crippen LogP contribution < -0.4 is 15.4 Å². The average Bonchev–Trinajstić information content (AvgIpc) is 3.21. The van der Waals surface area contributed by atoms with Crippen molar-refractivity contribution in [2.24, 2.45) is 16.3 Å². The molecule has 1 amide bonds. The zero-order chi connectivity index (χ0) is 29.4. The molecule has 2 fully saturated rings. The van der Waals surface area contributed by atoms with Crippen molar-refractivity contribution in [1.29, 1.82) is 0 Å². The number of aliphatic imine (C=N–C) groups is 1. The van der Waals surface area contributed by atoms with Crippen LogP contribution in [0, 0.1) is 11.3 Å². The molecule has 12 heteroatoms. The lowest BCUT2D eigenvalue weighted by atomic mass is 9.72. The maximum absolute atomic E-state index is 13.0. The van der Waals surface area contributed by atoms with Gasteiger partial charge in [0, 0.05) is 17.5 Å². The quantitative estimate of drug-likeness (QED) is 0.420. The van der Waals surface area contributed by atoms with Gasteiger partial charge in [-0.2, -0.15) is 0 Å². The number of hydrogen-bond donors (Lipinski definition) is 2. The van der Waals surface area contributed by atoms with E-state index in [1.807, 2.05) is 10.6 Å². The van der Waals surface area contributed by atoms with Gasteiger partial charge in [0.1, 0.15) is 21.3 Å². The number of sulfone groups is 1. The summed E-state index contributed by atoms with van der Waals surface area (Å²) >= 11 is 0. The second kappa shape index (κ2) is 11.1. The van der Waals surface area contributed by atoms with Crippen LogP contribution >= 0.6 is 0 Å². The van der Waals surface area contributed by atoms with E-state index in [9.17, 15) is 26.4 Å². The summed E-state index contributed by atoms with van der Waals surface area (Å²) in [5.74, 6) is 0.283. The number of benzene rings is 2. The number of halogens is 3. The van der Waals surface area contributed by atoms with Crippen LogP contribution in [0.25, 0.3) is 0 Å². The van der Waals surface area contributed by atoms with Crippen molar-refractivity contribution in [2.45, 2.75) is 64.8 Å². The van der Waals surface area contributed by atoms with Gasteiger partial charge < -0.3 is 10.1 Å². The highest BCUT2D eigenvalue weighted by Crippen LogP contribution is 2.40. The summed E-state index contributed by atoms with van der Waals surface area (Å²) in [6, 6.07) is 10.5. The molecule has 1 saturated carbocycles. The molecule has 0 bridgehead atoms. The number of guanidine groups is 1. The molecule has 2 heterocycles. The van der Waals surface area contributed by atoms with Gasteiger partial charge >= 0.3 is 12.3 Å². The van der Waals surface area contributed by atoms with Crippen LogP contribution in [-0.2, 0) is 9.84 Å². The first-order chi connectivity index (χ1) is 19.3. The molecule has 41 heavy (non-hydrogen) atoms. The van der Waals surface area contributed by atoms with Crippen LogP contribution in [0.2, 0.25) is 0 Å². The Balaban J connectivity index is 1.39. The summed E-state index contributed by atoms with van der Waals surface area (Å²) < 4.78 is 67.1. The summed E-state index contributed by atoms with van der Waals surface area (Å²) in [6.07, 6.45) is 2.45. The molecule has 1 unspecified atom stereocenters. The van der Waals surface area contributed by atoms with Crippen molar-refractivity contribution in [2.75, 3.05) is 16.8 Å². The number of anilines is 1. The van der Waals surface area contributed by atoms with Gasteiger partial charge in [-0.1, -0.05) is 25.3 Å². The molecule has 5 rings (SSSR count). The Hall–Kier alpha value is -3.41. The zero-order valence-electron chi connectivity index (χ0n) is 23.0. The Morgan fingerprint density at radius 1 is 1.10 bits per heavy atom. The van der Waals surface area contributed by atoms with Gasteiger partial charge in [-0.3, -0.25) is 4.79 Å². The number of hydrogen-bond acceptors (Lipinski definition) is 6. The van der Waals surface area contributed by atoms with Crippen LogP contribution in [0.5, 0.6) is 5.75 Å². The molecule has 2 aromatic rings. The van der Waals surface area contributed by atoms with Gasteiger partial charge in [0.25, 0.3) is 5.91 Å². The van der Waals surface area contributed by atoms with E-state index in [0.29, 0.717) is 41.7 Å². The summed E-state index contributed by atoms with van der Waals surface area (Å²) in [5.41, 5.74) is 2.51. The highest BCUT2D eigenvalue weighted by molar-refractivity contribution is 7.91. The lowest BCUT2D eigenvalue weighted by Gasteiger charge is -2.33. The van der Waals surface area contributed by atoms with Crippen LogP contribution in [0.15, 0.2) is 47.5 Å². The summed E-state index contributed by atoms with van der Waals surface area (Å²) in [7, 11) is -3.03. The number of nitrogens with zero attached hydrogens (tertiary/aromatic N) is 2. The molecule has 2 aliphatic heterocycles. The molecule has 1 aliphatic carbocycles. The largest absolute Gasteiger partial charge is 0.573 e. The van der Waals surface area contributed by atoms with E-state index in [0.717, 1.165) is 31.4 Å². The normalized spacial score (nSPS) is 23.0. The molecule has 1 atom stereocenters. The molecule has 3 aliphatic rings. The number of carbonyl (C=O) groups is 1. The Morgan fingerprint density at radius 2 is 1.80 bits per heavy atom. The number of alkyl halides is 3. The van der Waals surface area contributed by atoms with E-state index >= 15 is 0 Å². The number of carbonyl (C=O) groups excluding carboxylic acids is 1. The first-order valence-corrected chi connectivity index (χ1v) is 15.6. The fourth-order valence-corrected chi connectivity index (χ4v) is 7.24. The number of amides is 1. The smallest absolute Gasteiger partial charge is 0.406 e. The molecule has 8 nitrogen and oxygen atoms in total. The fourth-order valence-electron chi connectivity index (χ4n) is 5.75. The molecule has 0 spiro atoms. The van der Waals surface area contributed by atoms with Gasteiger partial charge in [-0.15, -0.1) is 13.2 Å². The van der Waals surface area contributed by atoms with E-state index < -0.39 is 16.2 Å². The summed E-state index contributed by atoms with van der Waals surface area (Å²) in [6.45, 7) is 4.52. The first kappa shape index (κ1) is 29.1. The molecular formula is C29H34F3N4O4S+. The van der Waals surface area contributed by atoms with E-state index in [1.54, 1.807) is 12.1 Å². The summed E-state index contributed by atoms with van der Waals surface area (Å²) in [5, 5.41) is 6.15. The minimum Gasteiger partial charge on any atom is -0.406 e. The summed E-state index contributed by atoms with van der Waals surface area (Å²) in [4.78, 5) is 17.8. The zero-order valence-corrected chi connectivity index (χ0v) is 23.8. The Kier molecular flexibility index (Phi) is 7.88. The van der Waals surface area contributed by atoms with Crippen molar-refractivity contribution in [3.63, 3.8) is 0 Å². The molecule has 0 aromatic heterocycles. The van der Waals surface area contributed by atoms with Crippen LogP contribution in [0.4, 0.5) is 30.2 Å². The third-order valence-electron chi connectivity index (χ3n) is 7.79. The molecule has 1 saturated heterocycles. The van der Waals surface area contributed by atoms with Crippen molar-refractivity contribution in [3.8, 4) is 5.75 Å². The van der Waals surface area contributed by atoms with Gasteiger partial charge in [0.05, 0.1) is 23.4 Å². The van der Waals surface area contributed by atoms with Crippen molar-refractivity contribution < 1.29 is 35.7 Å². The van der Waals surface area contributed by atoms with Gasteiger partial charge in [0.2, 0.25) is 0 Å². The Labute approximate surface area is 237 Å². The average molecular weight is 592 g/mol. The van der Waals surface area contributed by atoms with Crippen LogP contribution in [0.1, 0.15) is 62.7 Å². The van der Waals surface area contributed by atoms with Crippen molar-refractivity contribution in [1.82, 2.24) is 5.32 Å². The third-order valence-corrected chi connectivity index (χ3v) is 9.50. The molecule has 220 valence electrons. The van der Waals surface area contributed by atoms with E-state index in [2.05, 4.69) is 35.4 Å². The van der Waals surface area contributed by atoms with Gasteiger partial charge in [-0.05, 0) is 80.0 Å². The predicted octanol–water partition coefficient (Wildman–Crippen LogP) is 5.94. The van der Waals surface area contributed by atoms with E-state index in [4.69, 9.17) is 4.99 Å². The number of fused-ring (bicyclic) bond motifs is 1. The van der Waals surface area contributed by atoms with Crippen molar-refractivity contribution >= 4 is 45.0 Å². The SMILES string of the molecule is CC1(C)CCCC(C=[N+]2C(Nc3ccc(OC(F)(F)F)cc3)=Nc3cc(C(=O)NC4CCS(=O)(=O)CC4)ccc32)C1. The van der Waals surface area contributed by atoms with Crippen LogP contribution in [-0.4, -0.2) is 55.0 Å². The lowest BCUT2D eigenvalue weighted by Crippen LogP contribution is -2.40.